The number of aromatic carboxylic acids is 1. The van der Waals surface area contributed by atoms with E-state index in [1.54, 1.807) is 4.68 Å². The lowest BCUT2D eigenvalue weighted by atomic mass is 10.2. The Labute approximate surface area is 110 Å². The minimum absolute atomic E-state index is 0.199. The first-order chi connectivity index (χ1) is 9.22. The van der Waals surface area contributed by atoms with Gasteiger partial charge in [-0.1, -0.05) is 6.07 Å². The summed E-state index contributed by atoms with van der Waals surface area (Å²) in [4.78, 5) is 17.4. The zero-order valence-corrected chi connectivity index (χ0v) is 10.4. The molecule has 0 aromatic carbocycles. The number of anilines is 1. The van der Waals surface area contributed by atoms with E-state index in [2.05, 4.69) is 15.0 Å². The van der Waals surface area contributed by atoms with E-state index in [-0.39, 0.29) is 5.56 Å². The zero-order valence-electron chi connectivity index (χ0n) is 10.4. The van der Waals surface area contributed by atoms with Crippen molar-refractivity contribution in [3.63, 3.8) is 0 Å². The van der Waals surface area contributed by atoms with Gasteiger partial charge in [-0.15, -0.1) is 0 Å². The Morgan fingerprint density at radius 2 is 2.16 bits per heavy atom. The molecule has 3 rings (SSSR count). The Hall–Kier alpha value is -2.37. The van der Waals surface area contributed by atoms with Gasteiger partial charge in [-0.25, -0.2) is 9.78 Å². The molecule has 98 valence electrons. The first-order valence-corrected chi connectivity index (χ1v) is 6.18. The highest BCUT2D eigenvalue weighted by atomic mass is 16.4. The number of aromatic nitrogens is 3. The second-order valence-electron chi connectivity index (χ2n) is 4.60. The van der Waals surface area contributed by atoms with Crippen LogP contribution in [0.15, 0.2) is 30.7 Å². The van der Waals surface area contributed by atoms with Gasteiger partial charge in [0.25, 0.3) is 0 Å². The van der Waals surface area contributed by atoms with Crippen LogP contribution in [0.4, 0.5) is 5.82 Å². The molecule has 0 aliphatic carbocycles. The van der Waals surface area contributed by atoms with Crippen molar-refractivity contribution in [1.29, 1.82) is 0 Å². The lowest BCUT2D eigenvalue weighted by molar-refractivity contribution is 0.0697. The van der Waals surface area contributed by atoms with E-state index in [4.69, 9.17) is 5.11 Å². The van der Waals surface area contributed by atoms with Crippen molar-refractivity contribution in [2.45, 2.75) is 13.0 Å². The summed E-state index contributed by atoms with van der Waals surface area (Å²) in [6, 6.07) is 4.00. The average Bonchev–Trinajstić information content (AvgIpc) is 2.78. The molecule has 1 fully saturated rings. The van der Waals surface area contributed by atoms with Gasteiger partial charge in [0.2, 0.25) is 0 Å². The smallest absolute Gasteiger partial charge is 0.338 e. The molecule has 2 aromatic rings. The van der Waals surface area contributed by atoms with Gasteiger partial charge < -0.3 is 10.0 Å². The monoisotopic (exact) mass is 258 g/mol. The highest BCUT2D eigenvalue weighted by Gasteiger charge is 2.15. The van der Waals surface area contributed by atoms with Gasteiger partial charge in [0.15, 0.2) is 0 Å². The topological polar surface area (TPSA) is 71.2 Å². The third kappa shape index (κ3) is 2.42. The second-order valence-corrected chi connectivity index (χ2v) is 4.60. The maximum Gasteiger partial charge on any atom is 0.338 e. The van der Waals surface area contributed by atoms with Gasteiger partial charge in [0.1, 0.15) is 5.82 Å². The number of carboxylic acids is 1. The van der Waals surface area contributed by atoms with Crippen LogP contribution in [-0.4, -0.2) is 38.9 Å². The molecule has 0 bridgehead atoms. The molecule has 2 aromatic heterocycles. The normalized spacial score (nSPS) is 14.2. The molecule has 3 heterocycles. The Balaban J connectivity index is 1.69. The standard InChI is InChI=1S/C13H14N4O2/c18-13(19)11-7-15-17(9-11)8-10-2-3-12(14-6-10)16-4-1-5-16/h2-3,6-7,9H,1,4-5,8H2,(H,18,19). The first-order valence-electron chi connectivity index (χ1n) is 6.18. The fraction of sp³-hybridized carbons (Fsp3) is 0.308. The summed E-state index contributed by atoms with van der Waals surface area (Å²) in [5.41, 5.74) is 1.20. The highest BCUT2D eigenvalue weighted by molar-refractivity contribution is 5.86. The molecule has 1 saturated heterocycles. The fourth-order valence-corrected chi connectivity index (χ4v) is 1.99. The fourth-order valence-electron chi connectivity index (χ4n) is 1.99. The number of rotatable bonds is 4. The van der Waals surface area contributed by atoms with E-state index in [9.17, 15) is 4.79 Å². The van der Waals surface area contributed by atoms with Crippen molar-refractivity contribution >= 4 is 11.8 Å². The van der Waals surface area contributed by atoms with Crippen molar-refractivity contribution in [3.8, 4) is 0 Å². The van der Waals surface area contributed by atoms with E-state index in [1.807, 2.05) is 18.3 Å². The summed E-state index contributed by atoms with van der Waals surface area (Å²) >= 11 is 0. The quantitative estimate of drug-likeness (QED) is 0.893. The lowest BCUT2D eigenvalue weighted by Crippen LogP contribution is -2.37. The van der Waals surface area contributed by atoms with Crippen LogP contribution in [0.2, 0.25) is 0 Å². The molecule has 0 saturated carbocycles. The minimum atomic E-state index is -0.961. The lowest BCUT2D eigenvalue weighted by Gasteiger charge is -2.31. The van der Waals surface area contributed by atoms with Gasteiger partial charge in [0, 0.05) is 25.5 Å². The molecule has 19 heavy (non-hydrogen) atoms. The van der Waals surface area contributed by atoms with Crippen molar-refractivity contribution in [2.24, 2.45) is 0 Å². The number of hydrogen-bond acceptors (Lipinski definition) is 4. The van der Waals surface area contributed by atoms with Crippen LogP contribution in [-0.2, 0) is 6.54 Å². The molecule has 6 heteroatoms. The summed E-state index contributed by atoms with van der Waals surface area (Å²) in [5.74, 6) is 0.0409. The summed E-state index contributed by atoms with van der Waals surface area (Å²) in [5, 5.41) is 12.8. The van der Waals surface area contributed by atoms with Crippen LogP contribution < -0.4 is 4.90 Å². The molecule has 0 unspecified atom stereocenters. The predicted octanol–water partition coefficient (Wildman–Crippen LogP) is 1.23. The molecule has 0 atom stereocenters. The zero-order chi connectivity index (χ0) is 13.2. The van der Waals surface area contributed by atoms with Crippen molar-refractivity contribution in [2.75, 3.05) is 18.0 Å². The molecular formula is C13H14N4O2. The van der Waals surface area contributed by atoms with Crippen LogP contribution >= 0.6 is 0 Å². The first kappa shape index (κ1) is 11.7. The molecule has 1 N–H and O–H groups in total. The summed E-state index contributed by atoms with van der Waals surface area (Å²) in [7, 11) is 0. The minimum Gasteiger partial charge on any atom is -0.478 e. The van der Waals surface area contributed by atoms with Gasteiger partial charge in [-0.05, 0) is 18.1 Å². The van der Waals surface area contributed by atoms with E-state index >= 15 is 0 Å². The molecular weight excluding hydrogens is 244 g/mol. The maximum absolute atomic E-state index is 10.8. The average molecular weight is 258 g/mol. The van der Waals surface area contributed by atoms with Crippen LogP contribution in [0.5, 0.6) is 0 Å². The van der Waals surface area contributed by atoms with Crippen molar-refractivity contribution < 1.29 is 9.90 Å². The third-order valence-corrected chi connectivity index (χ3v) is 3.21. The Bertz CT molecular complexity index is 587. The predicted molar refractivity (Wildman–Crippen MR) is 69.4 cm³/mol. The molecule has 0 amide bonds. The number of carbonyl (C=O) groups is 1. The van der Waals surface area contributed by atoms with Crippen LogP contribution in [0, 0.1) is 0 Å². The Kier molecular flexibility index (Phi) is 2.91. The van der Waals surface area contributed by atoms with E-state index in [1.165, 1.54) is 18.8 Å². The van der Waals surface area contributed by atoms with E-state index in [0.717, 1.165) is 24.5 Å². The summed E-state index contributed by atoms with van der Waals surface area (Å²) in [6.45, 7) is 2.68. The Morgan fingerprint density at radius 3 is 2.68 bits per heavy atom. The largest absolute Gasteiger partial charge is 0.478 e. The second kappa shape index (κ2) is 4.72. The maximum atomic E-state index is 10.8. The van der Waals surface area contributed by atoms with Crippen molar-refractivity contribution in [3.05, 3.63) is 41.9 Å². The molecule has 0 radical (unpaired) electrons. The van der Waals surface area contributed by atoms with Gasteiger partial charge in [-0.2, -0.15) is 5.10 Å². The number of nitrogens with zero attached hydrogens (tertiary/aromatic N) is 4. The SMILES string of the molecule is O=C(O)c1cnn(Cc2ccc(N3CCC3)nc2)c1. The molecule has 1 aliphatic rings. The number of carboxylic acid groups (broad SMARTS) is 1. The third-order valence-electron chi connectivity index (χ3n) is 3.21. The van der Waals surface area contributed by atoms with Crippen molar-refractivity contribution in [1.82, 2.24) is 14.8 Å². The van der Waals surface area contributed by atoms with Crippen LogP contribution in [0.3, 0.4) is 0 Å². The van der Waals surface area contributed by atoms with Gasteiger partial charge in [0.05, 0.1) is 18.3 Å². The number of pyridine rings is 1. The summed E-state index contributed by atoms with van der Waals surface area (Å²) in [6.07, 6.45) is 5.92. The van der Waals surface area contributed by atoms with Crippen LogP contribution in [0.1, 0.15) is 22.3 Å². The Morgan fingerprint density at radius 1 is 1.32 bits per heavy atom. The molecule has 6 nitrogen and oxygen atoms in total. The molecule has 0 spiro atoms. The van der Waals surface area contributed by atoms with Crippen LogP contribution in [0.25, 0.3) is 0 Å². The summed E-state index contributed by atoms with van der Waals surface area (Å²) < 4.78 is 1.60. The van der Waals surface area contributed by atoms with E-state index in [0.29, 0.717) is 6.54 Å². The highest BCUT2D eigenvalue weighted by Crippen LogP contribution is 2.17. The van der Waals surface area contributed by atoms with Gasteiger partial charge >= 0.3 is 5.97 Å². The van der Waals surface area contributed by atoms with Gasteiger partial charge in [-0.3, -0.25) is 4.68 Å². The number of hydrogen-bond donors (Lipinski definition) is 1. The van der Waals surface area contributed by atoms with E-state index < -0.39 is 5.97 Å². The molecule has 1 aliphatic heterocycles.